The summed E-state index contributed by atoms with van der Waals surface area (Å²) in [5.41, 5.74) is 0.631. The van der Waals surface area contributed by atoms with Crippen molar-refractivity contribution >= 4 is 18.5 Å². The van der Waals surface area contributed by atoms with Crippen molar-refractivity contribution in [1.82, 2.24) is 5.32 Å². The van der Waals surface area contributed by atoms with Gasteiger partial charge in [0, 0.05) is 23.4 Å². The van der Waals surface area contributed by atoms with E-state index in [1.165, 1.54) is 0 Å². The standard InChI is InChI=1S/C12H13NOS/c1-2-3-4-8-13-12(14)10-6-5-7-11(15)9-10/h5-7,9,15H,4,8H2,1H3,(H,13,14). The van der Waals surface area contributed by atoms with Gasteiger partial charge in [-0.3, -0.25) is 4.79 Å². The molecule has 0 bridgehead atoms. The largest absolute Gasteiger partial charge is 0.351 e. The molecule has 1 N–H and O–H groups in total. The van der Waals surface area contributed by atoms with E-state index in [0.29, 0.717) is 18.5 Å². The van der Waals surface area contributed by atoms with E-state index < -0.39 is 0 Å². The van der Waals surface area contributed by atoms with Crippen molar-refractivity contribution in [2.75, 3.05) is 6.54 Å². The van der Waals surface area contributed by atoms with E-state index in [1.807, 2.05) is 12.1 Å². The molecule has 1 aromatic carbocycles. The first kappa shape index (κ1) is 11.7. The van der Waals surface area contributed by atoms with Crippen LogP contribution in [0, 0.1) is 11.8 Å². The van der Waals surface area contributed by atoms with Gasteiger partial charge in [-0.05, 0) is 25.1 Å². The van der Waals surface area contributed by atoms with Crippen molar-refractivity contribution < 1.29 is 4.79 Å². The Balaban J connectivity index is 2.49. The zero-order valence-corrected chi connectivity index (χ0v) is 9.47. The van der Waals surface area contributed by atoms with Crippen LogP contribution in [-0.4, -0.2) is 12.5 Å². The Morgan fingerprint density at radius 1 is 1.53 bits per heavy atom. The lowest BCUT2D eigenvalue weighted by atomic mass is 10.2. The minimum Gasteiger partial charge on any atom is -0.351 e. The Bertz CT molecular complexity index is 404. The van der Waals surface area contributed by atoms with Crippen LogP contribution in [0.2, 0.25) is 0 Å². The summed E-state index contributed by atoms with van der Waals surface area (Å²) in [5, 5.41) is 2.79. The van der Waals surface area contributed by atoms with E-state index in [1.54, 1.807) is 19.1 Å². The molecule has 3 heteroatoms. The van der Waals surface area contributed by atoms with Gasteiger partial charge in [-0.25, -0.2) is 0 Å². The number of benzene rings is 1. The zero-order chi connectivity index (χ0) is 11.1. The molecule has 0 fully saturated rings. The van der Waals surface area contributed by atoms with Crippen LogP contribution in [0.15, 0.2) is 29.2 Å². The molecular weight excluding hydrogens is 206 g/mol. The summed E-state index contributed by atoms with van der Waals surface area (Å²) in [7, 11) is 0. The predicted octanol–water partition coefficient (Wildman–Crippen LogP) is 2.12. The summed E-state index contributed by atoms with van der Waals surface area (Å²) in [6.07, 6.45) is 0.683. The lowest BCUT2D eigenvalue weighted by Gasteiger charge is -2.03. The van der Waals surface area contributed by atoms with Crippen molar-refractivity contribution in [3.63, 3.8) is 0 Å². The summed E-state index contributed by atoms with van der Waals surface area (Å²) in [5.74, 6) is 5.58. The van der Waals surface area contributed by atoms with E-state index in [9.17, 15) is 4.79 Å². The molecule has 0 aliphatic rings. The fourth-order valence-corrected chi connectivity index (χ4v) is 1.34. The fraction of sp³-hybridized carbons (Fsp3) is 0.250. The maximum absolute atomic E-state index is 11.6. The first-order valence-electron chi connectivity index (χ1n) is 4.71. The number of carbonyl (C=O) groups excluding carboxylic acids is 1. The highest BCUT2D eigenvalue weighted by molar-refractivity contribution is 7.80. The molecule has 0 saturated carbocycles. The highest BCUT2D eigenvalue weighted by Crippen LogP contribution is 2.08. The van der Waals surface area contributed by atoms with Crippen LogP contribution in [0.5, 0.6) is 0 Å². The van der Waals surface area contributed by atoms with Gasteiger partial charge in [-0.15, -0.1) is 24.5 Å². The Hall–Kier alpha value is -1.40. The van der Waals surface area contributed by atoms with Crippen LogP contribution < -0.4 is 5.32 Å². The van der Waals surface area contributed by atoms with Crippen molar-refractivity contribution in [2.24, 2.45) is 0 Å². The lowest BCUT2D eigenvalue weighted by molar-refractivity contribution is 0.0954. The van der Waals surface area contributed by atoms with Crippen LogP contribution in [0.25, 0.3) is 0 Å². The van der Waals surface area contributed by atoms with Crippen molar-refractivity contribution in [3.05, 3.63) is 29.8 Å². The third-order valence-electron chi connectivity index (χ3n) is 1.82. The average molecular weight is 219 g/mol. The Morgan fingerprint density at radius 3 is 3.00 bits per heavy atom. The third-order valence-corrected chi connectivity index (χ3v) is 2.10. The second-order valence-corrected chi connectivity index (χ2v) is 3.50. The molecule has 0 radical (unpaired) electrons. The quantitative estimate of drug-likeness (QED) is 0.455. The van der Waals surface area contributed by atoms with E-state index in [2.05, 4.69) is 29.8 Å². The van der Waals surface area contributed by atoms with Gasteiger partial charge in [0.1, 0.15) is 0 Å². The van der Waals surface area contributed by atoms with Crippen LogP contribution in [0.3, 0.4) is 0 Å². The molecule has 0 aliphatic heterocycles. The summed E-state index contributed by atoms with van der Waals surface area (Å²) in [6.45, 7) is 2.36. The Kier molecular flexibility index (Phi) is 4.79. The second-order valence-electron chi connectivity index (χ2n) is 2.98. The fourth-order valence-electron chi connectivity index (χ4n) is 1.11. The number of hydrogen-bond acceptors (Lipinski definition) is 2. The monoisotopic (exact) mass is 219 g/mol. The van der Waals surface area contributed by atoms with Crippen LogP contribution in [0.1, 0.15) is 23.7 Å². The van der Waals surface area contributed by atoms with E-state index in [4.69, 9.17) is 0 Å². The number of thiol groups is 1. The summed E-state index contributed by atoms with van der Waals surface area (Å²) in [6, 6.07) is 7.15. The molecule has 15 heavy (non-hydrogen) atoms. The number of amides is 1. The van der Waals surface area contributed by atoms with E-state index in [-0.39, 0.29) is 5.91 Å². The summed E-state index contributed by atoms with van der Waals surface area (Å²) >= 11 is 4.17. The molecule has 0 aliphatic carbocycles. The number of nitrogens with one attached hydrogen (secondary N) is 1. The maximum Gasteiger partial charge on any atom is 0.251 e. The van der Waals surface area contributed by atoms with Crippen molar-refractivity contribution in [2.45, 2.75) is 18.2 Å². The molecule has 0 aromatic heterocycles. The number of carbonyl (C=O) groups is 1. The molecule has 0 atom stereocenters. The molecule has 0 unspecified atom stereocenters. The lowest BCUT2D eigenvalue weighted by Crippen LogP contribution is -2.24. The van der Waals surface area contributed by atoms with Gasteiger partial charge in [0.05, 0.1) is 0 Å². The number of rotatable bonds is 3. The molecular formula is C12H13NOS. The van der Waals surface area contributed by atoms with Gasteiger partial charge in [-0.2, -0.15) is 0 Å². The molecule has 78 valence electrons. The molecule has 0 heterocycles. The van der Waals surface area contributed by atoms with Gasteiger partial charge in [0.2, 0.25) is 0 Å². The van der Waals surface area contributed by atoms with Gasteiger partial charge >= 0.3 is 0 Å². The third kappa shape index (κ3) is 4.09. The van der Waals surface area contributed by atoms with Gasteiger partial charge in [-0.1, -0.05) is 6.07 Å². The number of hydrogen-bond donors (Lipinski definition) is 2. The van der Waals surface area contributed by atoms with Crippen LogP contribution in [0.4, 0.5) is 0 Å². The molecule has 0 saturated heterocycles. The van der Waals surface area contributed by atoms with Crippen LogP contribution >= 0.6 is 12.6 Å². The topological polar surface area (TPSA) is 29.1 Å². The highest BCUT2D eigenvalue weighted by atomic mass is 32.1. The maximum atomic E-state index is 11.6. The smallest absolute Gasteiger partial charge is 0.251 e. The molecule has 0 spiro atoms. The molecule has 1 amide bonds. The highest BCUT2D eigenvalue weighted by Gasteiger charge is 2.03. The van der Waals surface area contributed by atoms with Crippen molar-refractivity contribution in [1.29, 1.82) is 0 Å². The first-order chi connectivity index (χ1) is 7.24. The van der Waals surface area contributed by atoms with E-state index >= 15 is 0 Å². The SMILES string of the molecule is CC#CCCNC(=O)c1cccc(S)c1. The van der Waals surface area contributed by atoms with Crippen LogP contribution in [-0.2, 0) is 0 Å². The molecule has 2 nitrogen and oxygen atoms in total. The predicted molar refractivity (Wildman–Crippen MR) is 64.1 cm³/mol. The van der Waals surface area contributed by atoms with Gasteiger partial charge < -0.3 is 5.32 Å². The van der Waals surface area contributed by atoms with Gasteiger partial charge in [0.25, 0.3) is 5.91 Å². The Morgan fingerprint density at radius 2 is 2.33 bits per heavy atom. The van der Waals surface area contributed by atoms with Crippen molar-refractivity contribution in [3.8, 4) is 11.8 Å². The average Bonchev–Trinajstić information content (AvgIpc) is 2.24. The summed E-state index contributed by atoms with van der Waals surface area (Å²) in [4.78, 5) is 12.4. The first-order valence-corrected chi connectivity index (χ1v) is 5.15. The van der Waals surface area contributed by atoms with E-state index in [0.717, 1.165) is 4.90 Å². The summed E-state index contributed by atoms with van der Waals surface area (Å²) < 4.78 is 0. The second kappa shape index (κ2) is 6.15. The van der Waals surface area contributed by atoms with Gasteiger partial charge in [0.15, 0.2) is 0 Å². The minimum atomic E-state index is -0.0798. The molecule has 1 aromatic rings. The minimum absolute atomic E-state index is 0.0798. The zero-order valence-electron chi connectivity index (χ0n) is 8.58. The normalized spacial score (nSPS) is 8.93. The Labute approximate surface area is 95.5 Å². The molecule has 1 rings (SSSR count).